The van der Waals surface area contributed by atoms with Crippen molar-refractivity contribution in [1.29, 1.82) is 0 Å². The minimum atomic E-state index is -1.00. The molecule has 0 rings (SSSR count). The molecule has 15 nitrogen and oxygen atoms in total. The molecular formula is H33O15Si16. The minimum Gasteiger partial charge on any atom is -0.449 e. The maximum atomic E-state index is 5.45. The lowest BCUT2D eigenvalue weighted by Gasteiger charge is -2.09. The molecule has 0 amide bonds. The summed E-state index contributed by atoms with van der Waals surface area (Å²) in [6, 6.07) is 0. The van der Waals surface area contributed by atoms with Gasteiger partial charge in [-0.3, -0.25) is 0 Å². The third kappa shape index (κ3) is 32.9. The Morgan fingerprint density at radius 1 is 0.323 bits per heavy atom. The predicted molar refractivity (Wildman–Crippen MR) is 154 cm³/mol. The number of rotatable bonds is 28. The van der Waals surface area contributed by atoms with Crippen molar-refractivity contribution in [2.75, 3.05) is 0 Å². The zero-order valence-corrected chi connectivity index (χ0v) is 40.9. The van der Waals surface area contributed by atoms with Crippen LogP contribution in [0.2, 0.25) is 0 Å². The molecule has 0 atom stereocenters. The molecule has 0 aromatic heterocycles. The van der Waals surface area contributed by atoms with Gasteiger partial charge in [-0.05, 0) is 0 Å². The fourth-order valence-electron chi connectivity index (χ4n) is 1.29. The molecule has 31 heavy (non-hydrogen) atoms. The van der Waals surface area contributed by atoms with Crippen molar-refractivity contribution in [3.8, 4) is 0 Å². The van der Waals surface area contributed by atoms with E-state index in [-0.39, 0.29) is 0 Å². The quantitative estimate of drug-likeness (QED) is 0.0558. The van der Waals surface area contributed by atoms with Crippen LogP contribution in [0.5, 0.6) is 0 Å². The highest BCUT2D eigenvalue weighted by Crippen LogP contribution is 1.80. The minimum absolute atomic E-state index is 0.740. The maximum absolute atomic E-state index is 5.45. The molecule has 0 aromatic rings. The van der Waals surface area contributed by atoms with E-state index in [2.05, 4.69) is 0 Å². The summed E-state index contributed by atoms with van der Waals surface area (Å²) in [4.78, 5) is 0. The normalized spacial score (nSPS) is 16.9. The summed E-state index contributed by atoms with van der Waals surface area (Å²) in [5.74, 6) is 0. The zero-order chi connectivity index (χ0) is 22.5. The molecule has 0 aliphatic rings. The first kappa shape index (κ1) is 33.9. The van der Waals surface area contributed by atoms with Crippen molar-refractivity contribution < 1.29 is 61.7 Å². The molecule has 0 saturated heterocycles. The fraction of sp³-hybridized carbons (Fsp3) is 0. The summed E-state index contributed by atoms with van der Waals surface area (Å²) in [6.45, 7) is 0. The summed E-state index contributed by atoms with van der Waals surface area (Å²) in [6.07, 6.45) is 0. The molecule has 0 aliphatic carbocycles. The predicted octanol–water partition coefficient (Wildman–Crippen LogP) is -16.0. The van der Waals surface area contributed by atoms with Crippen LogP contribution in [0.4, 0.5) is 0 Å². The Hall–Kier alpha value is 2.87. The molecule has 0 N–H and O–H groups in total. The van der Waals surface area contributed by atoms with Crippen LogP contribution in [0.1, 0.15) is 0 Å². The van der Waals surface area contributed by atoms with Gasteiger partial charge in [-0.1, -0.05) is 0 Å². The lowest BCUT2D eigenvalue weighted by atomic mass is 15.7. The second-order valence-corrected chi connectivity index (χ2v) is 33.3. The summed E-state index contributed by atoms with van der Waals surface area (Å²) in [5.41, 5.74) is 0. The van der Waals surface area contributed by atoms with Crippen LogP contribution in [-0.4, -0.2) is 161 Å². The van der Waals surface area contributed by atoms with Crippen molar-refractivity contribution in [3.05, 3.63) is 0 Å². The molecule has 31 heteroatoms. The molecule has 0 aromatic carbocycles. The second-order valence-electron chi connectivity index (χ2n) is 4.80. The van der Waals surface area contributed by atoms with Crippen LogP contribution in [0, 0.1) is 0 Å². The van der Waals surface area contributed by atoms with Gasteiger partial charge in [-0.2, -0.15) is 0 Å². The lowest BCUT2D eigenvalue weighted by molar-refractivity contribution is 0.356. The average molecular weight is 723 g/mol. The first-order valence-electron chi connectivity index (χ1n) is 8.78. The average Bonchev–Trinajstić information content (AvgIpc) is 2.78. The maximum Gasteiger partial charge on any atom is 0.286 e. The van der Waals surface area contributed by atoms with E-state index in [0.29, 0.717) is 0 Å². The van der Waals surface area contributed by atoms with E-state index in [0.717, 1.165) is 10.5 Å². The van der Waals surface area contributed by atoms with Crippen molar-refractivity contribution >= 4 is 161 Å². The lowest BCUT2D eigenvalue weighted by Crippen LogP contribution is -2.22. The Labute approximate surface area is 221 Å². The Kier molecular flexibility index (Phi) is 35.9. The Bertz CT molecular complexity index is 285. The number of hydrogen-bond donors (Lipinski definition) is 0. The van der Waals surface area contributed by atoms with Crippen molar-refractivity contribution in [2.45, 2.75) is 0 Å². The summed E-state index contributed by atoms with van der Waals surface area (Å²) < 4.78 is 80.0. The largest absolute Gasteiger partial charge is 0.449 e. The van der Waals surface area contributed by atoms with Crippen LogP contribution in [0.25, 0.3) is 0 Å². The van der Waals surface area contributed by atoms with E-state index in [9.17, 15) is 0 Å². The van der Waals surface area contributed by atoms with E-state index in [1.807, 2.05) is 0 Å². The van der Waals surface area contributed by atoms with Gasteiger partial charge in [0.1, 0.15) is 10.5 Å². The molecule has 0 bridgehead atoms. The Morgan fingerprint density at radius 2 is 0.516 bits per heavy atom. The summed E-state index contributed by atoms with van der Waals surface area (Å²) in [7, 11) is -10.9. The monoisotopic (exact) mass is 721 g/mol. The topological polar surface area (TPSA) is 138 Å². The molecule has 1 radical (unpaired) electrons. The van der Waals surface area contributed by atoms with Gasteiger partial charge in [0, 0.05) is 0 Å². The highest BCUT2D eigenvalue weighted by atomic mass is 28.4. The number of hydrogen-bond acceptors (Lipinski definition) is 15. The Balaban J connectivity index is 2.98. The molecule has 0 saturated carbocycles. The van der Waals surface area contributed by atoms with Gasteiger partial charge < -0.3 is 61.7 Å². The van der Waals surface area contributed by atoms with E-state index >= 15 is 0 Å². The van der Waals surface area contributed by atoms with Crippen molar-refractivity contribution in [1.82, 2.24) is 0 Å². The van der Waals surface area contributed by atoms with Crippen LogP contribution >= 0.6 is 0 Å². The standard InChI is InChI=1S/H33O15Si16/c16-1-18-3-20-5-22-7-24-9-26-11-28-13-30-15-31-14-29-12-27-10-25-8-23-6-21-4-19-2-17/h16,18-31H2,17H3. The molecule has 0 unspecified atom stereocenters. The first-order valence-corrected chi connectivity index (χ1v) is 26.3. The van der Waals surface area contributed by atoms with Crippen LogP contribution in [-0.2, 0) is 61.7 Å². The third-order valence-corrected chi connectivity index (χ3v) is 21.3. The molecule has 0 heterocycles. The third-order valence-electron chi connectivity index (χ3n) is 2.37. The summed E-state index contributed by atoms with van der Waals surface area (Å²) in [5, 5.41) is 0. The van der Waals surface area contributed by atoms with Gasteiger partial charge in [0.25, 0.3) is 140 Å². The molecule has 0 fully saturated rings. The Morgan fingerprint density at radius 3 is 0.710 bits per heavy atom. The van der Waals surface area contributed by atoms with Crippen molar-refractivity contribution in [2.24, 2.45) is 0 Å². The molecular weight excluding hydrogens is 689 g/mol. The smallest absolute Gasteiger partial charge is 0.286 e. The van der Waals surface area contributed by atoms with E-state index in [1.165, 1.54) is 10.5 Å². The highest BCUT2D eigenvalue weighted by molar-refractivity contribution is 6.51. The van der Waals surface area contributed by atoms with E-state index in [1.54, 1.807) is 0 Å². The van der Waals surface area contributed by atoms with Gasteiger partial charge in [-0.15, -0.1) is 0 Å². The molecule has 0 spiro atoms. The summed E-state index contributed by atoms with van der Waals surface area (Å²) >= 11 is 0. The molecule has 187 valence electrons. The van der Waals surface area contributed by atoms with E-state index < -0.39 is 140 Å². The fourth-order valence-corrected chi connectivity index (χ4v) is 26.9. The van der Waals surface area contributed by atoms with Gasteiger partial charge in [0.05, 0.1) is 0 Å². The zero-order valence-electron chi connectivity index (χ0n) is 17.7. The van der Waals surface area contributed by atoms with Crippen molar-refractivity contribution in [3.63, 3.8) is 0 Å². The highest BCUT2D eigenvalue weighted by Gasteiger charge is 1.98. The van der Waals surface area contributed by atoms with Gasteiger partial charge in [0.2, 0.25) is 0 Å². The second kappa shape index (κ2) is 32.9. The first-order chi connectivity index (χ1) is 15.4. The SMILES string of the molecule is [SiH2]O[SiH2]O[SiH2]O[SiH2]O[SiH2]O[SiH2]O[SiH2]O[SiH2]O[SiH2]O[SiH2]O[SiH2]O[SiH2]O[SiH2]O[SiH2]O[SiH2]O[SiH3]. The van der Waals surface area contributed by atoms with Gasteiger partial charge >= 0.3 is 0 Å². The van der Waals surface area contributed by atoms with Crippen LogP contribution < -0.4 is 0 Å². The molecule has 0 aliphatic heterocycles. The van der Waals surface area contributed by atoms with Crippen LogP contribution in [0.15, 0.2) is 0 Å². The van der Waals surface area contributed by atoms with Crippen LogP contribution in [0.3, 0.4) is 0 Å². The van der Waals surface area contributed by atoms with E-state index in [4.69, 9.17) is 61.7 Å². The van der Waals surface area contributed by atoms with Gasteiger partial charge in [0.15, 0.2) is 10.5 Å². The van der Waals surface area contributed by atoms with Gasteiger partial charge in [-0.25, -0.2) is 0 Å².